The molecule has 0 spiro atoms. The molecule has 0 radical (unpaired) electrons. The van der Waals surface area contributed by atoms with E-state index in [1.807, 2.05) is 25.1 Å². The van der Waals surface area contributed by atoms with E-state index < -0.39 is 6.10 Å². The van der Waals surface area contributed by atoms with E-state index in [0.717, 1.165) is 11.5 Å². The van der Waals surface area contributed by atoms with Crippen molar-refractivity contribution in [2.24, 2.45) is 0 Å². The van der Waals surface area contributed by atoms with E-state index in [0.29, 0.717) is 18.7 Å². The number of carbonyl (C=O) groups excluding carboxylic acids is 1. The average Bonchev–Trinajstić information content (AvgIpc) is 2.61. The highest BCUT2D eigenvalue weighted by atomic mass is 32.2. The number of nitrogens with one attached hydrogen (secondary N) is 1. The molecule has 0 aliphatic carbocycles. The van der Waals surface area contributed by atoms with Crippen LogP contribution in [0.1, 0.15) is 18.9 Å². The number of halogens is 1. The lowest BCUT2D eigenvalue weighted by Gasteiger charge is -2.17. The summed E-state index contributed by atoms with van der Waals surface area (Å²) in [4.78, 5) is 12.2. The van der Waals surface area contributed by atoms with Crippen molar-refractivity contribution >= 4 is 17.7 Å². The molecule has 0 aliphatic rings. The molecule has 0 fully saturated rings. The summed E-state index contributed by atoms with van der Waals surface area (Å²) in [5.74, 6) is 1.81. The molecule has 1 unspecified atom stereocenters. The van der Waals surface area contributed by atoms with Gasteiger partial charge in [-0.25, -0.2) is 4.39 Å². The highest BCUT2D eigenvalue weighted by molar-refractivity contribution is 7.98. The van der Waals surface area contributed by atoms with Crippen molar-refractivity contribution in [2.45, 2.75) is 25.2 Å². The largest absolute Gasteiger partial charge is 0.481 e. The second-order valence-electron chi connectivity index (χ2n) is 5.30. The van der Waals surface area contributed by atoms with Crippen LogP contribution >= 0.6 is 11.8 Å². The number of ether oxygens (including phenoxy) is 1. The van der Waals surface area contributed by atoms with Gasteiger partial charge in [0.05, 0.1) is 0 Å². The monoisotopic (exact) mass is 347 g/mol. The Morgan fingerprint density at radius 3 is 2.54 bits per heavy atom. The van der Waals surface area contributed by atoms with Gasteiger partial charge < -0.3 is 10.1 Å². The molecule has 0 bridgehead atoms. The molecule has 2 aromatic carbocycles. The fourth-order valence-electron chi connectivity index (χ4n) is 2.12. The molecular weight excluding hydrogens is 325 g/mol. The highest BCUT2D eigenvalue weighted by Crippen LogP contribution is 2.15. The van der Waals surface area contributed by atoms with E-state index in [9.17, 15) is 9.18 Å². The SMILES string of the molecule is CCC(Oc1ccc(F)cc1)C(=O)NCCSCc1ccccc1. The van der Waals surface area contributed by atoms with Crippen LogP contribution in [-0.2, 0) is 10.5 Å². The third-order valence-electron chi connectivity index (χ3n) is 3.41. The number of thioether (sulfide) groups is 1. The zero-order valence-electron chi connectivity index (χ0n) is 13.7. The first-order valence-electron chi connectivity index (χ1n) is 8.00. The van der Waals surface area contributed by atoms with Gasteiger partial charge in [-0.3, -0.25) is 4.79 Å². The summed E-state index contributed by atoms with van der Waals surface area (Å²) < 4.78 is 18.5. The molecule has 0 saturated carbocycles. The Kier molecular flexibility index (Phi) is 7.62. The van der Waals surface area contributed by atoms with Crippen LogP contribution in [0, 0.1) is 5.82 Å². The Morgan fingerprint density at radius 1 is 1.17 bits per heavy atom. The van der Waals surface area contributed by atoms with E-state index in [1.54, 1.807) is 11.8 Å². The first-order valence-corrected chi connectivity index (χ1v) is 9.16. The average molecular weight is 347 g/mol. The van der Waals surface area contributed by atoms with E-state index >= 15 is 0 Å². The van der Waals surface area contributed by atoms with Crippen molar-refractivity contribution in [2.75, 3.05) is 12.3 Å². The lowest BCUT2D eigenvalue weighted by molar-refractivity contribution is -0.127. The number of hydrogen-bond acceptors (Lipinski definition) is 3. The van der Waals surface area contributed by atoms with Crippen LogP contribution in [0.2, 0.25) is 0 Å². The predicted octanol–water partition coefficient (Wildman–Crippen LogP) is 4.03. The van der Waals surface area contributed by atoms with Crippen LogP contribution in [0.3, 0.4) is 0 Å². The molecule has 2 aromatic rings. The summed E-state index contributed by atoms with van der Waals surface area (Å²) in [7, 11) is 0. The van der Waals surface area contributed by atoms with Gasteiger partial charge in [0.1, 0.15) is 11.6 Å². The van der Waals surface area contributed by atoms with Crippen molar-refractivity contribution in [3.05, 3.63) is 66.0 Å². The van der Waals surface area contributed by atoms with Crippen LogP contribution < -0.4 is 10.1 Å². The molecule has 0 saturated heterocycles. The van der Waals surface area contributed by atoms with Gasteiger partial charge in [-0.1, -0.05) is 37.3 Å². The fraction of sp³-hybridized carbons (Fsp3) is 0.316. The minimum absolute atomic E-state index is 0.137. The molecule has 0 heterocycles. The number of amides is 1. The maximum absolute atomic E-state index is 12.9. The summed E-state index contributed by atoms with van der Waals surface area (Å²) in [5.41, 5.74) is 1.28. The summed E-state index contributed by atoms with van der Waals surface area (Å²) in [6, 6.07) is 15.9. The molecular formula is C19H22FNO2S. The maximum atomic E-state index is 12.9. The molecule has 0 aliphatic heterocycles. The first-order chi connectivity index (χ1) is 11.7. The summed E-state index contributed by atoms with van der Waals surface area (Å²) in [6.45, 7) is 2.48. The van der Waals surface area contributed by atoms with Crippen LogP contribution in [-0.4, -0.2) is 24.3 Å². The Labute approximate surface area is 146 Å². The molecule has 3 nitrogen and oxygen atoms in total. The smallest absolute Gasteiger partial charge is 0.261 e. The molecule has 128 valence electrons. The summed E-state index contributed by atoms with van der Waals surface area (Å²) >= 11 is 1.78. The number of hydrogen-bond donors (Lipinski definition) is 1. The van der Waals surface area contributed by atoms with Gasteiger partial charge in [0, 0.05) is 18.1 Å². The quantitative estimate of drug-likeness (QED) is 0.696. The molecule has 24 heavy (non-hydrogen) atoms. The Balaban J connectivity index is 1.68. The predicted molar refractivity (Wildman–Crippen MR) is 96.7 cm³/mol. The molecule has 2 rings (SSSR count). The third kappa shape index (κ3) is 6.24. The number of benzene rings is 2. The highest BCUT2D eigenvalue weighted by Gasteiger charge is 2.17. The van der Waals surface area contributed by atoms with Gasteiger partial charge in [-0.05, 0) is 36.2 Å². The van der Waals surface area contributed by atoms with Gasteiger partial charge in [-0.2, -0.15) is 11.8 Å². The normalized spacial score (nSPS) is 11.8. The van der Waals surface area contributed by atoms with Crippen LogP contribution in [0.4, 0.5) is 4.39 Å². The van der Waals surface area contributed by atoms with Crippen LogP contribution in [0.5, 0.6) is 5.75 Å². The summed E-state index contributed by atoms with van der Waals surface area (Å²) in [6.07, 6.45) is -0.00465. The van der Waals surface area contributed by atoms with E-state index in [-0.39, 0.29) is 11.7 Å². The lowest BCUT2D eigenvalue weighted by Crippen LogP contribution is -2.39. The second kappa shape index (κ2) is 9.98. The van der Waals surface area contributed by atoms with Gasteiger partial charge in [0.15, 0.2) is 6.10 Å². The standard InChI is InChI=1S/C19H22FNO2S/c1-2-18(23-17-10-8-16(20)9-11-17)19(22)21-12-13-24-14-15-6-4-3-5-7-15/h3-11,18H,2,12-14H2,1H3,(H,21,22). The topological polar surface area (TPSA) is 38.3 Å². The Bertz CT molecular complexity index is 619. The molecule has 1 atom stereocenters. The van der Waals surface area contributed by atoms with Gasteiger partial charge >= 0.3 is 0 Å². The van der Waals surface area contributed by atoms with Gasteiger partial charge in [-0.15, -0.1) is 0 Å². The van der Waals surface area contributed by atoms with E-state index in [1.165, 1.54) is 29.8 Å². The lowest BCUT2D eigenvalue weighted by atomic mass is 10.2. The zero-order chi connectivity index (χ0) is 17.2. The first kappa shape index (κ1) is 18.3. The van der Waals surface area contributed by atoms with E-state index in [4.69, 9.17) is 4.74 Å². The molecule has 1 amide bonds. The summed E-state index contributed by atoms with van der Waals surface area (Å²) in [5, 5.41) is 2.89. The van der Waals surface area contributed by atoms with E-state index in [2.05, 4.69) is 17.4 Å². The Hall–Kier alpha value is -2.01. The number of carbonyl (C=O) groups is 1. The van der Waals surface area contributed by atoms with Crippen LogP contribution in [0.15, 0.2) is 54.6 Å². The maximum Gasteiger partial charge on any atom is 0.261 e. The molecule has 5 heteroatoms. The number of rotatable bonds is 9. The van der Waals surface area contributed by atoms with Gasteiger partial charge in [0.25, 0.3) is 5.91 Å². The molecule has 1 N–H and O–H groups in total. The minimum atomic E-state index is -0.561. The van der Waals surface area contributed by atoms with Crippen molar-refractivity contribution in [3.8, 4) is 5.75 Å². The zero-order valence-corrected chi connectivity index (χ0v) is 14.5. The second-order valence-corrected chi connectivity index (χ2v) is 6.40. The third-order valence-corrected chi connectivity index (χ3v) is 4.44. The van der Waals surface area contributed by atoms with Crippen molar-refractivity contribution in [1.29, 1.82) is 0 Å². The van der Waals surface area contributed by atoms with Gasteiger partial charge in [0.2, 0.25) is 0 Å². The van der Waals surface area contributed by atoms with Crippen molar-refractivity contribution in [3.63, 3.8) is 0 Å². The van der Waals surface area contributed by atoms with Crippen molar-refractivity contribution in [1.82, 2.24) is 5.32 Å². The van der Waals surface area contributed by atoms with Crippen molar-refractivity contribution < 1.29 is 13.9 Å². The minimum Gasteiger partial charge on any atom is -0.481 e. The fourth-order valence-corrected chi connectivity index (χ4v) is 2.94. The molecule has 0 aromatic heterocycles. The van der Waals surface area contributed by atoms with Crippen LogP contribution in [0.25, 0.3) is 0 Å². The Morgan fingerprint density at radius 2 is 1.88 bits per heavy atom.